The summed E-state index contributed by atoms with van der Waals surface area (Å²) in [6.07, 6.45) is 16.9. The molecule has 9 aromatic rings. The highest BCUT2D eigenvalue weighted by atomic mass is 16.3. The summed E-state index contributed by atoms with van der Waals surface area (Å²) in [5.74, 6) is 0. The largest absolute Gasteiger partial charge is 0.456 e. The van der Waals surface area contributed by atoms with E-state index >= 15 is 0 Å². The summed E-state index contributed by atoms with van der Waals surface area (Å²) < 4.78 is 8.61. The van der Waals surface area contributed by atoms with Crippen molar-refractivity contribution in [3.05, 3.63) is 241 Å². The van der Waals surface area contributed by atoms with Gasteiger partial charge in [0.15, 0.2) is 0 Å². The molecule has 0 amide bonds. The Morgan fingerprint density at radius 3 is 1.95 bits per heavy atom. The highest BCUT2D eigenvalue weighted by Gasteiger charge is 2.22. The number of benzene rings is 7. The second-order valence-corrected chi connectivity index (χ2v) is 15.9. The quantitative estimate of drug-likeness (QED) is 0.173. The molecule has 1 atom stereocenters. The van der Waals surface area contributed by atoms with E-state index in [1.165, 1.54) is 38.7 Å². The number of furan rings is 1. The standard InChI is InChI=1S/C51H40N2O.C8H10.2C2H6/c1-34-13-5-3-8-18-43-45-21-12-20-42(41-17-11-16-39(32-41)40-28-30-50-46(33-40)44-19-9-10-22-49(44)54-50)51(45)53(48(43)29-23-34)35(2)31-47(52)38-26-24-37(25-27-38)36-14-6-4-7-15-36;1-2-8-6-4-3-5-7-8;2*1-2/h3-17,19-33,35H,1,18,52H2,2H3;3-7H,2H2,1H3;2*1-2H3/b8-3-,13-5-,29-23-,47-31-;;;. The van der Waals surface area contributed by atoms with Crippen LogP contribution in [-0.2, 0) is 12.8 Å². The van der Waals surface area contributed by atoms with Crippen LogP contribution < -0.4 is 5.73 Å². The van der Waals surface area contributed by atoms with Gasteiger partial charge >= 0.3 is 0 Å². The van der Waals surface area contributed by atoms with Gasteiger partial charge in [-0.3, -0.25) is 0 Å². The van der Waals surface area contributed by atoms with Crippen molar-refractivity contribution in [2.24, 2.45) is 5.73 Å². The molecule has 0 bridgehead atoms. The second kappa shape index (κ2) is 22.3. The van der Waals surface area contributed by atoms with Crippen molar-refractivity contribution in [1.82, 2.24) is 4.57 Å². The van der Waals surface area contributed by atoms with E-state index < -0.39 is 0 Å². The van der Waals surface area contributed by atoms with E-state index in [0.29, 0.717) is 0 Å². The molecule has 1 aliphatic carbocycles. The van der Waals surface area contributed by atoms with Crippen LogP contribution in [0.2, 0.25) is 0 Å². The zero-order valence-electron chi connectivity index (χ0n) is 39.3. The Bertz CT molecular complexity index is 3150. The van der Waals surface area contributed by atoms with Gasteiger partial charge in [-0.15, -0.1) is 0 Å². The molecule has 10 rings (SSSR count). The molecule has 0 aliphatic heterocycles. The van der Waals surface area contributed by atoms with E-state index in [2.05, 4.69) is 207 Å². The molecular formula is C63H62N2O. The van der Waals surface area contributed by atoms with Gasteiger partial charge in [-0.25, -0.2) is 0 Å². The molecule has 3 nitrogen and oxygen atoms in total. The maximum absolute atomic E-state index is 6.92. The molecule has 66 heavy (non-hydrogen) atoms. The third-order valence-electron chi connectivity index (χ3n) is 11.8. The van der Waals surface area contributed by atoms with Crippen LogP contribution in [0.15, 0.2) is 223 Å². The molecule has 0 spiro atoms. The molecule has 2 heterocycles. The fourth-order valence-electron chi connectivity index (χ4n) is 8.59. The molecular weight excluding hydrogens is 801 g/mol. The molecule has 1 aliphatic rings. The summed E-state index contributed by atoms with van der Waals surface area (Å²) in [4.78, 5) is 0. The highest BCUT2D eigenvalue weighted by Crippen LogP contribution is 2.40. The third-order valence-corrected chi connectivity index (χ3v) is 11.8. The first-order valence-electron chi connectivity index (χ1n) is 23.5. The molecule has 7 aromatic carbocycles. The maximum Gasteiger partial charge on any atom is 0.135 e. The average Bonchev–Trinajstić information content (AvgIpc) is 3.92. The summed E-state index contributed by atoms with van der Waals surface area (Å²) in [5.41, 5.74) is 23.4. The Morgan fingerprint density at radius 2 is 1.21 bits per heavy atom. The van der Waals surface area contributed by atoms with Crippen LogP contribution in [0.25, 0.3) is 78.0 Å². The van der Waals surface area contributed by atoms with Crippen molar-refractivity contribution in [2.45, 2.75) is 60.4 Å². The Hall–Kier alpha value is -7.62. The van der Waals surface area contributed by atoms with E-state index in [0.717, 1.165) is 74.0 Å². The number of rotatable bonds is 7. The summed E-state index contributed by atoms with van der Waals surface area (Å²) in [5, 5.41) is 3.49. The predicted molar refractivity (Wildman–Crippen MR) is 288 cm³/mol. The van der Waals surface area contributed by atoms with Crippen molar-refractivity contribution >= 4 is 44.6 Å². The van der Waals surface area contributed by atoms with Gasteiger partial charge in [0.05, 0.1) is 11.6 Å². The lowest BCUT2D eigenvalue weighted by molar-refractivity contribution is 0.669. The minimum absolute atomic E-state index is 0.0634. The van der Waals surface area contributed by atoms with Crippen LogP contribution in [0.3, 0.4) is 0 Å². The Kier molecular flexibility index (Phi) is 15.7. The van der Waals surface area contributed by atoms with Crippen LogP contribution in [-0.4, -0.2) is 4.57 Å². The molecule has 330 valence electrons. The van der Waals surface area contributed by atoms with E-state index in [-0.39, 0.29) is 6.04 Å². The van der Waals surface area contributed by atoms with E-state index in [9.17, 15) is 0 Å². The number of allylic oxidation sites excluding steroid dienone is 7. The van der Waals surface area contributed by atoms with Crippen LogP contribution in [0.5, 0.6) is 0 Å². The summed E-state index contributed by atoms with van der Waals surface area (Å²) in [6.45, 7) is 16.7. The third kappa shape index (κ3) is 10.3. The first-order chi connectivity index (χ1) is 32.4. The van der Waals surface area contributed by atoms with Crippen molar-refractivity contribution in [3.8, 4) is 33.4 Å². The van der Waals surface area contributed by atoms with Crippen molar-refractivity contribution in [2.75, 3.05) is 0 Å². The van der Waals surface area contributed by atoms with Crippen molar-refractivity contribution in [1.29, 1.82) is 0 Å². The first kappa shape index (κ1) is 46.4. The smallest absolute Gasteiger partial charge is 0.135 e. The molecule has 3 heteroatoms. The predicted octanol–water partition coefficient (Wildman–Crippen LogP) is 17.6. The van der Waals surface area contributed by atoms with Gasteiger partial charge in [-0.2, -0.15) is 0 Å². The lowest BCUT2D eigenvalue weighted by Gasteiger charge is -2.19. The van der Waals surface area contributed by atoms with Crippen LogP contribution in [0.1, 0.15) is 70.0 Å². The van der Waals surface area contributed by atoms with Gasteiger partial charge in [-0.05, 0) is 106 Å². The first-order valence-corrected chi connectivity index (χ1v) is 23.5. The van der Waals surface area contributed by atoms with Crippen LogP contribution >= 0.6 is 0 Å². The Labute approximate surface area is 392 Å². The molecule has 0 saturated carbocycles. The van der Waals surface area contributed by atoms with E-state index in [4.69, 9.17) is 10.2 Å². The fraction of sp³-hybridized carbons (Fsp3) is 0.143. The summed E-state index contributed by atoms with van der Waals surface area (Å²) in [6, 6.07) is 59.7. The second-order valence-electron chi connectivity index (χ2n) is 15.9. The number of nitrogens with zero attached hydrogens (tertiary/aromatic N) is 1. The van der Waals surface area contributed by atoms with Crippen LogP contribution in [0, 0.1) is 0 Å². The number of aromatic nitrogens is 1. The minimum Gasteiger partial charge on any atom is -0.456 e. The van der Waals surface area contributed by atoms with Crippen molar-refractivity contribution in [3.63, 3.8) is 0 Å². The normalized spacial score (nSPS) is 14.1. The minimum atomic E-state index is -0.0634. The molecule has 2 N–H and O–H groups in total. The number of para-hydroxylation sites is 2. The zero-order valence-corrected chi connectivity index (χ0v) is 39.3. The number of fused-ring (bicyclic) bond motifs is 6. The molecule has 0 radical (unpaired) electrons. The summed E-state index contributed by atoms with van der Waals surface area (Å²) in [7, 11) is 0. The summed E-state index contributed by atoms with van der Waals surface area (Å²) >= 11 is 0. The lowest BCUT2D eigenvalue weighted by Crippen LogP contribution is -2.09. The van der Waals surface area contributed by atoms with Gasteiger partial charge in [0.2, 0.25) is 0 Å². The number of nitrogens with two attached hydrogens (primary N) is 1. The molecule has 2 aromatic heterocycles. The number of hydrogen-bond donors (Lipinski definition) is 1. The van der Waals surface area contributed by atoms with Gasteiger partial charge < -0.3 is 14.7 Å². The Balaban J connectivity index is 0.000000480. The van der Waals surface area contributed by atoms with Gasteiger partial charge in [0.1, 0.15) is 11.2 Å². The lowest BCUT2D eigenvalue weighted by atomic mass is 9.96. The topological polar surface area (TPSA) is 44.1 Å². The Morgan fingerprint density at radius 1 is 0.606 bits per heavy atom. The molecule has 1 unspecified atom stereocenters. The number of aryl methyl sites for hydroxylation is 1. The van der Waals surface area contributed by atoms with Gasteiger partial charge in [-0.1, -0.05) is 217 Å². The monoisotopic (exact) mass is 862 g/mol. The fourth-order valence-corrected chi connectivity index (χ4v) is 8.59. The average molecular weight is 863 g/mol. The van der Waals surface area contributed by atoms with E-state index in [1.54, 1.807) is 0 Å². The zero-order chi connectivity index (χ0) is 46.4. The van der Waals surface area contributed by atoms with E-state index in [1.807, 2.05) is 58.0 Å². The van der Waals surface area contributed by atoms with Crippen LogP contribution in [0.4, 0.5) is 0 Å². The highest BCUT2D eigenvalue weighted by molar-refractivity contribution is 6.06. The van der Waals surface area contributed by atoms with Gasteiger partial charge in [0, 0.05) is 33.1 Å². The van der Waals surface area contributed by atoms with Crippen molar-refractivity contribution < 1.29 is 4.42 Å². The molecule has 0 fully saturated rings. The SMILES string of the molecule is C=C1/C=C\C=C/Cc2c(n(C(C)/C=C(\N)c3ccc(-c4ccccc4)cc3)c3c(-c4cccc(-c5ccc6oc7ccccc7c6c5)c4)cccc23)/C=C\1.CC.CC.CCc1ccccc1. The van der Waals surface area contributed by atoms with Gasteiger partial charge in [0.25, 0.3) is 0 Å². The molecule has 0 saturated heterocycles. The maximum atomic E-state index is 6.92. The number of hydrogen-bond acceptors (Lipinski definition) is 2.